The summed E-state index contributed by atoms with van der Waals surface area (Å²) in [6.07, 6.45) is -4.66. The number of halogens is 4. The van der Waals surface area contributed by atoms with E-state index in [1.165, 1.54) is 18.2 Å². The summed E-state index contributed by atoms with van der Waals surface area (Å²) in [5.41, 5.74) is -1.79. The Morgan fingerprint density at radius 1 is 1.04 bits per heavy atom. The van der Waals surface area contributed by atoms with E-state index >= 15 is 0 Å². The number of alkyl halides is 3. The molecule has 144 valence electrons. The van der Waals surface area contributed by atoms with Gasteiger partial charge < -0.3 is 15.2 Å². The summed E-state index contributed by atoms with van der Waals surface area (Å²) in [5, 5.41) is 12.9. The number of hydrogen-bond donors (Lipinski definition) is 1. The van der Waals surface area contributed by atoms with Gasteiger partial charge in [0, 0.05) is 5.69 Å². The Hall–Kier alpha value is -3.33. The van der Waals surface area contributed by atoms with Crippen molar-refractivity contribution in [2.24, 2.45) is 0 Å². The molecule has 0 saturated carbocycles. The second-order valence-corrected chi connectivity index (χ2v) is 6.05. The number of carboxylic acids is 1. The number of rotatable bonds is 4. The van der Waals surface area contributed by atoms with E-state index in [4.69, 9.17) is 11.6 Å². The third kappa shape index (κ3) is 3.56. The van der Waals surface area contributed by atoms with Crippen molar-refractivity contribution < 1.29 is 32.7 Å². The van der Waals surface area contributed by atoms with E-state index < -0.39 is 34.6 Å². The lowest BCUT2D eigenvalue weighted by Gasteiger charge is -2.17. The number of anilines is 2. The van der Waals surface area contributed by atoms with Crippen molar-refractivity contribution in [3.05, 3.63) is 70.4 Å². The number of aromatic carboxylic acids is 1. The Bertz CT molecular complexity index is 1030. The largest absolute Gasteiger partial charge is 0.545 e. The van der Waals surface area contributed by atoms with Crippen molar-refractivity contribution in [1.29, 1.82) is 0 Å². The van der Waals surface area contributed by atoms with Gasteiger partial charge in [0.25, 0.3) is 11.8 Å². The molecular formula is C18H9ClF3N2O4-. The van der Waals surface area contributed by atoms with E-state index in [0.717, 1.165) is 24.3 Å². The van der Waals surface area contributed by atoms with Crippen LogP contribution >= 0.6 is 11.6 Å². The van der Waals surface area contributed by atoms with Gasteiger partial charge in [-0.15, -0.1) is 0 Å². The molecular weight excluding hydrogens is 401 g/mol. The molecule has 3 rings (SSSR count). The zero-order valence-corrected chi connectivity index (χ0v) is 14.5. The summed E-state index contributed by atoms with van der Waals surface area (Å²) in [6.45, 7) is 0. The lowest BCUT2D eigenvalue weighted by Crippen LogP contribution is -2.32. The normalized spacial score (nSPS) is 14.6. The highest BCUT2D eigenvalue weighted by molar-refractivity contribution is 6.53. The maximum Gasteiger partial charge on any atom is 0.416 e. The molecule has 0 atom stereocenters. The molecule has 1 aliphatic heterocycles. The summed E-state index contributed by atoms with van der Waals surface area (Å²) in [4.78, 5) is 36.4. The molecule has 0 spiro atoms. The molecule has 1 N–H and O–H groups in total. The first-order valence-electron chi connectivity index (χ1n) is 7.64. The zero-order valence-electron chi connectivity index (χ0n) is 13.7. The summed E-state index contributed by atoms with van der Waals surface area (Å²) < 4.78 is 38.7. The molecule has 0 saturated heterocycles. The Morgan fingerprint density at radius 3 is 2.36 bits per heavy atom. The molecule has 1 aliphatic rings. The summed E-state index contributed by atoms with van der Waals surface area (Å²) in [5.74, 6) is -3.44. The molecule has 6 nitrogen and oxygen atoms in total. The lowest BCUT2D eigenvalue weighted by atomic mass is 10.2. The average molecular weight is 410 g/mol. The maximum absolute atomic E-state index is 12.9. The molecule has 0 unspecified atom stereocenters. The number of imide groups is 1. The van der Waals surface area contributed by atoms with Crippen LogP contribution in [-0.2, 0) is 15.8 Å². The lowest BCUT2D eigenvalue weighted by molar-refractivity contribution is -0.255. The van der Waals surface area contributed by atoms with E-state index in [0.29, 0.717) is 11.0 Å². The van der Waals surface area contributed by atoms with Gasteiger partial charge in [0.2, 0.25) is 0 Å². The van der Waals surface area contributed by atoms with Gasteiger partial charge in [-0.1, -0.05) is 29.8 Å². The smallest absolute Gasteiger partial charge is 0.416 e. The van der Waals surface area contributed by atoms with Gasteiger partial charge in [-0.2, -0.15) is 13.2 Å². The summed E-state index contributed by atoms with van der Waals surface area (Å²) in [6, 6.07) is 8.86. The molecule has 2 amide bonds. The highest BCUT2D eigenvalue weighted by atomic mass is 35.5. The second kappa shape index (κ2) is 7.01. The second-order valence-electron chi connectivity index (χ2n) is 5.68. The van der Waals surface area contributed by atoms with Crippen molar-refractivity contribution in [2.45, 2.75) is 6.18 Å². The van der Waals surface area contributed by atoms with Crippen LogP contribution in [0.25, 0.3) is 0 Å². The first-order chi connectivity index (χ1) is 13.1. The molecule has 1 heterocycles. The number of amides is 2. The fraction of sp³-hybridized carbons (Fsp3) is 0.0556. The van der Waals surface area contributed by atoms with E-state index in [1.54, 1.807) is 0 Å². The van der Waals surface area contributed by atoms with Crippen LogP contribution in [0.1, 0.15) is 15.9 Å². The van der Waals surface area contributed by atoms with Crippen molar-refractivity contribution in [3.63, 3.8) is 0 Å². The Morgan fingerprint density at radius 2 is 1.71 bits per heavy atom. The van der Waals surface area contributed by atoms with Crippen molar-refractivity contribution >= 4 is 40.8 Å². The molecule has 0 bridgehead atoms. The molecule has 0 radical (unpaired) electrons. The third-order valence-electron chi connectivity index (χ3n) is 3.83. The number of carbonyl (C=O) groups is 3. The first kappa shape index (κ1) is 19.4. The van der Waals surface area contributed by atoms with Crippen LogP contribution in [0, 0.1) is 0 Å². The van der Waals surface area contributed by atoms with Crippen LogP contribution in [0.15, 0.2) is 59.3 Å². The van der Waals surface area contributed by atoms with Gasteiger partial charge in [-0.05, 0) is 35.9 Å². The Balaban J connectivity index is 1.93. The van der Waals surface area contributed by atoms with Crippen molar-refractivity contribution in [2.75, 3.05) is 10.2 Å². The zero-order chi connectivity index (χ0) is 20.6. The number of nitrogens with one attached hydrogen (secondary N) is 1. The minimum atomic E-state index is -4.66. The SMILES string of the molecule is O=C([O-])c1cccc(NC2=C(Cl)C(=O)N(c3cccc(C(F)(F)F)c3)C2=O)c1. The van der Waals surface area contributed by atoms with Gasteiger partial charge in [0.15, 0.2) is 0 Å². The average Bonchev–Trinajstić information content (AvgIpc) is 2.85. The number of carbonyl (C=O) groups excluding carboxylic acids is 3. The van der Waals surface area contributed by atoms with Crippen LogP contribution in [-0.4, -0.2) is 17.8 Å². The summed E-state index contributed by atoms with van der Waals surface area (Å²) >= 11 is 5.90. The van der Waals surface area contributed by atoms with Gasteiger partial charge in [-0.3, -0.25) is 9.59 Å². The van der Waals surface area contributed by atoms with Gasteiger partial charge >= 0.3 is 6.18 Å². The molecule has 0 fully saturated rings. The molecule has 2 aromatic carbocycles. The highest BCUT2D eigenvalue weighted by Gasteiger charge is 2.40. The summed E-state index contributed by atoms with van der Waals surface area (Å²) in [7, 11) is 0. The van der Waals surface area contributed by atoms with E-state index in [9.17, 15) is 32.7 Å². The quantitative estimate of drug-likeness (QED) is 0.784. The van der Waals surface area contributed by atoms with Crippen LogP contribution in [0.4, 0.5) is 24.5 Å². The molecule has 10 heteroatoms. The predicted molar refractivity (Wildman–Crippen MR) is 91.2 cm³/mol. The van der Waals surface area contributed by atoms with Crippen LogP contribution in [0.5, 0.6) is 0 Å². The van der Waals surface area contributed by atoms with Crippen LogP contribution in [0.2, 0.25) is 0 Å². The van der Waals surface area contributed by atoms with Crippen molar-refractivity contribution in [3.8, 4) is 0 Å². The third-order valence-corrected chi connectivity index (χ3v) is 4.18. The Labute approximate surface area is 160 Å². The Kier molecular flexibility index (Phi) is 4.86. The number of nitrogens with zero attached hydrogens (tertiary/aromatic N) is 1. The maximum atomic E-state index is 12.9. The standard InChI is InChI=1S/C18H10ClF3N2O4/c19-13-14(23-11-5-1-3-9(7-11)17(27)28)16(26)24(15(13)25)12-6-2-4-10(8-12)18(20,21)22/h1-8,23H,(H,27,28)/p-1. The van der Waals surface area contributed by atoms with Crippen LogP contribution < -0.4 is 15.3 Å². The molecule has 2 aromatic rings. The highest BCUT2D eigenvalue weighted by Crippen LogP contribution is 2.35. The number of carboxylic acid groups (broad SMARTS) is 1. The van der Waals surface area contributed by atoms with Crippen molar-refractivity contribution in [1.82, 2.24) is 0 Å². The van der Waals surface area contributed by atoms with E-state index in [1.807, 2.05) is 0 Å². The molecule has 0 aromatic heterocycles. The van der Waals surface area contributed by atoms with E-state index in [2.05, 4.69) is 5.32 Å². The topological polar surface area (TPSA) is 89.5 Å². The van der Waals surface area contributed by atoms with Gasteiger partial charge in [-0.25, -0.2) is 4.90 Å². The molecule has 28 heavy (non-hydrogen) atoms. The van der Waals surface area contributed by atoms with E-state index in [-0.39, 0.29) is 22.6 Å². The minimum absolute atomic E-state index is 0.127. The van der Waals surface area contributed by atoms with Gasteiger partial charge in [0.05, 0.1) is 17.2 Å². The number of benzene rings is 2. The number of hydrogen-bond acceptors (Lipinski definition) is 5. The van der Waals surface area contributed by atoms with Gasteiger partial charge in [0.1, 0.15) is 10.7 Å². The minimum Gasteiger partial charge on any atom is -0.545 e. The molecule has 0 aliphatic carbocycles. The predicted octanol–water partition coefficient (Wildman–Crippen LogP) is 2.50. The van der Waals surface area contributed by atoms with Crippen LogP contribution in [0.3, 0.4) is 0 Å². The monoisotopic (exact) mass is 409 g/mol. The fourth-order valence-electron chi connectivity index (χ4n) is 2.54. The fourth-order valence-corrected chi connectivity index (χ4v) is 2.75. The first-order valence-corrected chi connectivity index (χ1v) is 8.01.